The van der Waals surface area contributed by atoms with Gasteiger partial charge in [0.1, 0.15) is 17.1 Å². The predicted octanol–water partition coefficient (Wildman–Crippen LogP) is 4.78. The molecule has 2 aromatic carbocycles. The fourth-order valence-corrected chi connectivity index (χ4v) is 5.97. The summed E-state index contributed by atoms with van der Waals surface area (Å²) in [7, 11) is 0. The van der Waals surface area contributed by atoms with Gasteiger partial charge in [-0.05, 0) is 86.7 Å². The van der Waals surface area contributed by atoms with E-state index in [4.69, 9.17) is 16.3 Å². The topological polar surface area (TPSA) is 82.3 Å². The lowest BCUT2D eigenvalue weighted by molar-refractivity contribution is -0.116. The third-order valence-corrected chi connectivity index (χ3v) is 7.64. The van der Waals surface area contributed by atoms with E-state index in [0.717, 1.165) is 40.7 Å². The van der Waals surface area contributed by atoms with Gasteiger partial charge in [0.05, 0.1) is 17.7 Å². The summed E-state index contributed by atoms with van der Waals surface area (Å²) in [4.78, 5) is 42.0. The van der Waals surface area contributed by atoms with Crippen LogP contribution >= 0.6 is 22.9 Å². The highest BCUT2D eigenvalue weighted by atomic mass is 35.5. The van der Waals surface area contributed by atoms with Crippen LogP contribution in [0.5, 0.6) is 5.75 Å². The van der Waals surface area contributed by atoms with Gasteiger partial charge in [-0.15, -0.1) is 11.3 Å². The number of benzene rings is 2. The van der Waals surface area contributed by atoms with Gasteiger partial charge < -0.3 is 10.1 Å². The molecule has 4 aromatic rings. The molecule has 1 amide bonds. The smallest absolute Gasteiger partial charge is 0.337 e. The van der Waals surface area contributed by atoms with E-state index in [9.17, 15) is 14.4 Å². The van der Waals surface area contributed by atoms with Crippen molar-refractivity contribution in [3.05, 3.63) is 84.8 Å². The van der Waals surface area contributed by atoms with E-state index >= 15 is 0 Å². The molecular formula is C26H24ClN3O4S. The minimum absolute atomic E-state index is 0.214. The van der Waals surface area contributed by atoms with Crippen molar-refractivity contribution in [2.75, 3.05) is 11.9 Å². The summed E-state index contributed by atoms with van der Waals surface area (Å²) in [5, 5.41) is 3.91. The molecule has 0 saturated heterocycles. The van der Waals surface area contributed by atoms with E-state index in [0.29, 0.717) is 39.0 Å². The lowest BCUT2D eigenvalue weighted by Crippen LogP contribution is -2.40. The first-order chi connectivity index (χ1) is 17.0. The Morgan fingerprint density at radius 1 is 1.06 bits per heavy atom. The van der Waals surface area contributed by atoms with E-state index in [1.165, 1.54) is 15.9 Å². The minimum Gasteiger partial charge on any atom is -0.494 e. The van der Waals surface area contributed by atoms with Crippen LogP contribution in [-0.2, 0) is 24.2 Å². The normalized spacial score (nSPS) is 13.0. The molecule has 2 heterocycles. The zero-order valence-corrected chi connectivity index (χ0v) is 20.7. The van der Waals surface area contributed by atoms with Crippen LogP contribution in [0.2, 0.25) is 5.02 Å². The quantitative estimate of drug-likeness (QED) is 0.405. The van der Waals surface area contributed by atoms with Crippen molar-refractivity contribution in [1.29, 1.82) is 0 Å². The molecule has 2 aromatic heterocycles. The molecule has 1 aliphatic rings. The fraction of sp³-hybridized carbons (Fsp3) is 0.269. The summed E-state index contributed by atoms with van der Waals surface area (Å²) < 4.78 is 8.08. The van der Waals surface area contributed by atoms with E-state index in [1.54, 1.807) is 48.5 Å². The maximum atomic E-state index is 13.7. The molecule has 9 heteroatoms. The van der Waals surface area contributed by atoms with E-state index in [-0.39, 0.29) is 18.0 Å². The number of carbonyl (C=O) groups is 1. The average molecular weight is 510 g/mol. The number of rotatable bonds is 6. The third-order valence-electron chi connectivity index (χ3n) is 6.07. The van der Waals surface area contributed by atoms with Crippen molar-refractivity contribution in [3.63, 3.8) is 0 Å². The largest absolute Gasteiger partial charge is 0.494 e. The van der Waals surface area contributed by atoms with Crippen LogP contribution in [0, 0.1) is 0 Å². The molecule has 0 unspecified atom stereocenters. The summed E-state index contributed by atoms with van der Waals surface area (Å²) in [6.45, 7) is 2.19. The van der Waals surface area contributed by atoms with Gasteiger partial charge in [-0.2, -0.15) is 0 Å². The highest BCUT2D eigenvalue weighted by Gasteiger charge is 2.25. The number of nitrogens with one attached hydrogen (secondary N) is 1. The standard InChI is InChI=1S/C26H24ClN3O4S/c1-2-34-19-13-11-18(12-14-19)30-24(32)23-20-5-3-4-6-21(20)35-25(23)29(26(30)33)15-22(31)28-17-9-7-16(27)8-10-17/h7-14H,2-6,15H2,1H3,(H,28,31). The van der Waals surface area contributed by atoms with Crippen LogP contribution in [0.1, 0.15) is 30.2 Å². The molecule has 1 aliphatic carbocycles. The highest BCUT2D eigenvalue weighted by molar-refractivity contribution is 7.18. The van der Waals surface area contributed by atoms with Crippen LogP contribution in [0.4, 0.5) is 5.69 Å². The van der Waals surface area contributed by atoms with Gasteiger partial charge in [0.25, 0.3) is 5.56 Å². The van der Waals surface area contributed by atoms with E-state index < -0.39 is 5.69 Å². The van der Waals surface area contributed by atoms with Crippen LogP contribution in [-0.4, -0.2) is 21.6 Å². The molecule has 7 nitrogen and oxygen atoms in total. The summed E-state index contributed by atoms with van der Waals surface area (Å²) >= 11 is 7.38. The maximum absolute atomic E-state index is 13.7. The van der Waals surface area contributed by atoms with Gasteiger partial charge >= 0.3 is 5.69 Å². The summed E-state index contributed by atoms with van der Waals surface area (Å²) in [6.07, 6.45) is 3.72. The Hall–Kier alpha value is -3.36. The van der Waals surface area contributed by atoms with E-state index in [2.05, 4.69) is 5.32 Å². The van der Waals surface area contributed by atoms with Crippen molar-refractivity contribution in [2.45, 2.75) is 39.2 Å². The number of aromatic nitrogens is 2. The van der Waals surface area contributed by atoms with Crippen LogP contribution in [0.3, 0.4) is 0 Å². The Labute approximate surface area is 210 Å². The summed E-state index contributed by atoms with van der Waals surface area (Å²) in [5.41, 5.74) is 1.13. The molecule has 0 fully saturated rings. The Balaban J connectivity index is 1.63. The monoisotopic (exact) mass is 509 g/mol. The Morgan fingerprint density at radius 3 is 2.49 bits per heavy atom. The van der Waals surface area contributed by atoms with Gasteiger partial charge in [0, 0.05) is 15.6 Å². The number of fused-ring (bicyclic) bond motifs is 3. The third kappa shape index (κ3) is 4.51. The number of hydrogen-bond donors (Lipinski definition) is 1. The average Bonchev–Trinajstić information content (AvgIpc) is 3.24. The number of aryl methyl sites for hydroxylation is 2. The lowest BCUT2D eigenvalue weighted by atomic mass is 9.97. The van der Waals surface area contributed by atoms with Crippen molar-refractivity contribution in [3.8, 4) is 11.4 Å². The second-order valence-electron chi connectivity index (χ2n) is 8.38. The first kappa shape index (κ1) is 23.4. The summed E-state index contributed by atoms with van der Waals surface area (Å²) in [6, 6.07) is 13.6. The zero-order valence-electron chi connectivity index (χ0n) is 19.2. The van der Waals surface area contributed by atoms with Crippen LogP contribution in [0.25, 0.3) is 15.9 Å². The molecule has 0 aliphatic heterocycles. The number of ether oxygens (including phenoxy) is 1. The molecule has 35 heavy (non-hydrogen) atoms. The van der Waals surface area contributed by atoms with Gasteiger partial charge in [-0.1, -0.05) is 11.6 Å². The zero-order chi connectivity index (χ0) is 24.5. The molecular weight excluding hydrogens is 486 g/mol. The number of nitrogens with zero attached hydrogens (tertiary/aromatic N) is 2. The summed E-state index contributed by atoms with van der Waals surface area (Å²) in [5.74, 6) is 0.292. The number of thiophene rings is 1. The molecule has 180 valence electrons. The Kier molecular flexibility index (Phi) is 6.49. The number of amides is 1. The van der Waals surface area contributed by atoms with Gasteiger partial charge in [-0.3, -0.25) is 14.2 Å². The Bertz CT molecular complexity index is 1520. The van der Waals surface area contributed by atoms with Crippen molar-refractivity contribution < 1.29 is 9.53 Å². The number of halogens is 1. The van der Waals surface area contributed by atoms with Crippen LogP contribution < -0.4 is 21.3 Å². The molecule has 0 bridgehead atoms. The molecule has 0 saturated carbocycles. The molecule has 1 N–H and O–H groups in total. The number of anilines is 1. The molecule has 0 radical (unpaired) electrons. The Morgan fingerprint density at radius 2 is 1.77 bits per heavy atom. The fourth-order valence-electron chi connectivity index (χ4n) is 4.47. The molecule has 0 atom stereocenters. The van der Waals surface area contributed by atoms with Crippen molar-refractivity contribution in [2.24, 2.45) is 0 Å². The van der Waals surface area contributed by atoms with Gasteiger partial charge in [0.2, 0.25) is 5.91 Å². The second-order valence-corrected chi connectivity index (χ2v) is 9.90. The lowest BCUT2D eigenvalue weighted by Gasteiger charge is -2.14. The SMILES string of the molecule is CCOc1ccc(-n2c(=O)c3c4c(sc3n(CC(=O)Nc3ccc(Cl)cc3)c2=O)CCCC4)cc1. The van der Waals surface area contributed by atoms with Gasteiger partial charge in [-0.25, -0.2) is 9.36 Å². The highest BCUT2D eigenvalue weighted by Crippen LogP contribution is 2.34. The minimum atomic E-state index is -0.545. The predicted molar refractivity (Wildman–Crippen MR) is 140 cm³/mol. The number of carbonyl (C=O) groups excluding carboxylic acids is 1. The second kappa shape index (κ2) is 9.71. The first-order valence-corrected chi connectivity index (χ1v) is 12.7. The maximum Gasteiger partial charge on any atom is 0.337 e. The number of hydrogen-bond acceptors (Lipinski definition) is 5. The van der Waals surface area contributed by atoms with Crippen LogP contribution in [0.15, 0.2) is 58.1 Å². The van der Waals surface area contributed by atoms with Gasteiger partial charge in [0.15, 0.2) is 0 Å². The van der Waals surface area contributed by atoms with E-state index in [1.807, 2.05) is 6.92 Å². The molecule has 0 spiro atoms. The first-order valence-electron chi connectivity index (χ1n) is 11.5. The van der Waals surface area contributed by atoms with Crippen molar-refractivity contribution >= 4 is 44.7 Å². The van der Waals surface area contributed by atoms with Crippen molar-refractivity contribution in [1.82, 2.24) is 9.13 Å². The molecule has 5 rings (SSSR count).